The van der Waals surface area contributed by atoms with E-state index in [0.29, 0.717) is 12.6 Å². The van der Waals surface area contributed by atoms with E-state index in [9.17, 15) is 22.7 Å². The van der Waals surface area contributed by atoms with Crippen LogP contribution in [0.2, 0.25) is 0 Å². The number of terminal acetylenes is 1. The Labute approximate surface area is 187 Å². The van der Waals surface area contributed by atoms with E-state index in [1.807, 2.05) is 0 Å². The van der Waals surface area contributed by atoms with Crippen LogP contribution in [0.15, 0.2) is 54.6 Å². The first kappa shape index (κ1) is 25.9. The zero-order valence-electron chi connectivity index (χ0n) is 18.2. The third-order valence-electron chi connectivity index (χ3n) is 5.59. The van der Waals surface area contributed by atoms with Crippen molar-refractivity contribution in [1.82, 2.24) is 10.2 Å². The number of hydrogen-bond donors (Lipinski definition) is 2. The van der Waals surface area contributed by atoms with E-state index in [1.165, 1.54) is 56.4 Å². The molecule has 0 heterocycles. The molecule has 1 fully saturated rings. The van der Waals surface area contributed by atoms with Crippen LogP contribution in [0.4, 0.5) is 17.6 Å². The SMILES string of the molecule is C#CC(O)N(C)C(CNC1CCCCC1)c1ccc(F)cc1.FC(F)(F)c1ccccc1. The van der Waals surface area contributed by atoms with Crippen molar-refractivity contribution < 1.29 is 22.7 Å². The lowest BCUT2D eigenvalue weighted by atomic mass is 9.95. The van der Waals surface area contributed by atoms with E-state index in [4.69, 9.17) is 6.42 Å². The molecule has 0 spiro atoms. The number of halogens is 4. The van der Waals surface area contributed by atoms with E-state index < -0.39 is 18.0 Å². The summed E-state index contributed by atoms with van der Waals surface area (Å²) < 4.78 is 48.5. The average Bonchev–Trinajstić information content (AvgIpc) is 2.80. The molecular weight excluding hydrogens is 420 g/mol. The van der Waals surface area contributed by atoms with Crippen LogP contribution in [-0.2, 0) is 6.18 Å². The highest BCUT2D eigenvalue weighted by atomic mass is 19.4. The second kappa shape index (κ2) is 12.6. The summed E-state index contributed by atoms with van der Waals surface area (Å²) in [5.41, 5.74) is 0.344. The van der Waals surface area contributed by atoms with Gasteiger partial charge in [0.15, 0.2) is 6.23 Å². The highest BCUT2D eigenvalue weighted by Gasteiger charge is 2.29. The van der Waals surface area contributed by atoms with E-state index in [1.54, 1.807) is 30.1 Å². The van der Waals surface area contributed by atoms with Gasteiger partial charge < -0.3 is 10.4 Å². The van der Waals surface area contributed by atoms with Gasteiger partial charge in [-0.3, -0.25) is 4.90 Å². The molecule has 32 heavy (non-hydrogen) atoms. The smallest absolute Gasteiger partial charge is 0.367 e. The van der Waals surface area contributed by atoms with Crippen molar-refractivity contribution in [2.24, 2.45) is 0 Å². The number of nitrogens with one attached hydrogen (secondary N) is 1. The predicted molar refractivity (Wildman–Crippen MR) is 118 cm³/mol. The minimum absolute atomic E-state index is 0.0893. The summed E-state index contributed by atoms with van der Waals surface area (Å²) >= 11 is 0. The molecule has 2 aromatic carbocycles. The van der Waals surface area contributed by atoms with Crippen LogP contribution < -0.4 is 5.32 Å². The third-order valence-corrected chi connectivity index (χ3v) is 5.59. The molecule has 3 nitrogen and oxygen atoms in total. The van der Waals surface area contributed by atoms with Gasteiger partial charge in [0.2, 0.25) is 0 Å². The number of benzene rings is 2. The number of nitrogens with zero attached hydrogens (tertiary/aromatic N) is 1. The molecule has 174 valence electrons. The number of hydrogen-bond acceptors (Lipinski definition) is 3. The number of rotatable bonds is 6. The summed E-state index contributed by atoms with van der Waals surface area (Å²) in [6.45, 7) is 0.686. The Kier molecular flexibility index (Phi) is 10.2. The van der Waals surface area contributed by atoms with Gasteiger partial charge in [-0.05, 0) is 37.6 Å². The Morgan fingerprint density at radius 3 is 2.16 bits per heavy atom. The van der Waals surface area contributed by atoms with Crippen molar-refractivity contribution >= 4 is 0 Å². The van der Waals surface area contributed by atoms with Crippen molar-refractivity contribution in [2.75, 3.05) is 13.6 Å². The molecule has 0 saturated heterocycles. The molecule has 2 unspecified atom stereocenters. The second-order valence-corrected chi connectivity index (χ2v) is 7.88. The molecule has 7 heteroatoms. The zero-order chi connectivity index (χ0) is 23.6. The number of alkyl halides is 3. The molecule has 0 aliphatic heterocycles. The van der Waals surface area contributed by atoms with Crippen LogP contribution in [-0.4, -0.2) is 35.9 Å². The minimum atomic E-state index is -4.21. The quantitative estimate of drug-likeness (QED) is 0.353. The van der Waals surface area contributed by atoms with Crippen molar-refractivity contribution in [3.8, 4) is 12.3 Å². The highest BCUT2D eigenvalue weighted by molar-refractivity contribution is 5.21. The Hall–Kier alpha value is -2.40. The van der Waals surface area contributed by atoms with Crippen LogP contribution in [0, 0.1) is 18.2 Å². The monoisotopic (exact) mass is 450 g/mol. The maximum Gasteiger partial charge on any atom is 0.416 e. The molecular formula is C25H30F4N2O. The average molecular weight is 451 g/mol. The maximum absolute atomic E-state index is 13.1. The predicted octanol–water partition coefficient (Wildman–Crippen LogP) is 5.38. The van der Waals surface area contributed by atoms with Gasteiger partial charge in [-0.2, -0.15) is 13.2 Å². The minimum Gasteiger partial charge on any atom is -0.367 e. The van der Waals surface area contributed by atoms with Gasteiger partial charge in [0.05, 0.1) is 11.6 Å². The van der Waals surface area contributed by atoms with Crippen molar-refractivity contribution in [2.45, 2.75) is 56.6 Å². The summed E-state index contributed by atoms with van der Waals surface area (Å²) in [5.74, 6) is 2.08. The largest absolute Gasteiger partial charge is 0.416 e. The molecule has 1 aliphatic carbocycles. The Morgan fingerprint density at radius 1 is 1.06 bits per heavy atom. The van der Waals surface area contributed by atoms with E-state index in [0.717, 1.165) is 17.7 Å². The van der Waals surface area contributed by atoms with Crippen molar-refractivity contribution in [3.05, 3.63) is 71.5 Å². The van der Waals surface area contributed by atoms with Crippen LogP contribution in [0.25, 0.3) is 0 Å². The zero-order valence-corrected chi connectivity index (χ0v) is 18.2. The normalized spacial score (nSPS) is 16.6. The van der Waals surface area contributed by atoms with E-state index >= 15 is 0 Å². The topological polar surface area (TPSA) is 35.5 Å². The molecule has 2 N–H and O–H groups in total. The first-order chi connectivity index (χ1) is 15.2. The summed E-state index contributed by atoms with van der Waals surface area (Å²) in [6, 6.07) is 13.2. The summed E-state index contributed by atoms with van der Waals surface area (Å²) in [5, 5.41) is 13.5. The van der Waals surface area contributed by atoms with Crippen LogP contribution >= 0.6 is 0 Å². The molecule has 0 radical (unpaired) electrons. The van der Waals surface area contributed by atoms with Crippen LogP contribution in [0.3, 0.4) is 0 Å². The van der Waals surface area contributed by atoms with Gasteiger partial charge in [-0.25, -0.2) is 4.39 Å². The van der Waals surface area contributed by atoms with Crippen molar-refractivity contribution in [1.29, 1.82) is 0 Å². The van der Waals surface area contributed by atoms with E-state index in [-0.39, 0.29) is 11.9 Å². The lowest BCUT2D eigenvalue weighted by Gasteiger charge is -2.32. The Balaban J connectivity index is 0.000000303. The van der Waals surface area contributed by atoms with Crippen LogP contribution in [0.5, 0.6) is 0 Å². The lowest BCUT2D eigenvalue weighted by molar-refractivity contribution is -0.137. The Morgan fingerprint density at radius 2 is 1.66 bits per heavy atom. The lowest BCUT2D eigenvalue weighted by Crippen LogP contribution is -2.42. The molecule has 1 saturated carbocycles. The molecule has 2 atom stereocenters. The molecule has 0 aromatic heterocycles. The number of likely N-dealkylation sites (N-methyl/N-ethyl adjacent to an activating group) is 1. The first-order valence-corrected chi connectivity index (χ1v) is 10.7. The first-order valence-electron chi connectivity index (χ1n) is 10.7. The molecule has 1 aliphatic rings. The van der Waals surface area contributed by atoms with Gasteiger partial charge in [0.25, 0.3) is 0 Å². The summed E-state index contributed by atoms with van der Waals surface area (Å²) in [7, 11) is 1.79. The fourth-order valence-corrected chi connectivity index (χ4v) is 3.68. The molecule has 2 aromatic rings. The van der Waals surface area contributed by atoms with Gasteiger partial charge in [0, 0.05) is 12.6 Å². The van der Waals surface area contributed by atoms with Gasteiger partial charge in [-0.1, -0.05) is 67.6 Å². The summed E-state index contributed by atoms with van der Waals surface area (Å²) in [6.07, 6.45) is 6.40. The van der Waals surface area contributed by atoms with Crippen molar-refractivity contribution in [3.63, 3.8) is 0 Å². The maximum atomic E-state index is 13.1. The molecule has 0 bridgehead atoms. The highest BCUT2D eigenvalue weighted by Crippen LogP contribution is 2.28. The third kappa shape index (κ3) is 8.27. The molecule has 3 rings (SSSR count). The van der Waals surface area contributed by atoms with Gasteiger partial charge in [-0.15, -0.1) is 6.42 Å². The Bertz CT molecular complexity index is 828. The van der Waals surface area contributed by atoms with Crippen LogP contribution in [0.1, 0.15) is 49.3 Å². The van der Waals surface area contributed by atoms with E-state index in [2.05, 4.69) is 11.2 Å². The van der Waals surface area contributed by atoms with Gasteiger partial charge >= 0.3 is 6.18 Å². The standard InChI is InChI=1S/C18H25FN2O.C7H5F3/c1-3-18(22)21(2)17(14-9-11-15(19)12-10-14)13-20-16-7-5-4-6-8-16;8-7(9,10)6-4-2-1-3-5-6/h1,9-12,16-18,20,22H,4-8,13H2,2H3;1-5H. The molecule has 0 amide bonds. The number of aliphatic hydroxyl groups excluding tert-OH is 1. The second-order valence-electron chi connectivity index (χ2n) is 7.88. The fraction of sp³-hybridized carbons (Fsp3) is 0.440. The number of aliphatic hydroxyl groups is 1. The fourth-order valence-electron chi connectivity index (χ4n) is 3.68. The van der Waals surface area contributed by atoms with Gasteiger partial charge in [0.1, 0.15) is 5.82 Å². The summed E-state index contributed by atoms with van der Waals surface area (Å²) in [4.78, 5) is 1.74.